The normalized spacial score (nSPS) is 14.0. The average molecular weight is 280 g/mol. The Labute approximate surface area is 113 Å². The van der Waals surface area contributed by atoms with Crippen LogP contribution in [0.1, 0.15) is 6.92 Å². The summed E-state index contributed by atoms with van der Waals surface area (Å²) in [5, 5.41) is 30.1. The molecular formula is C11H12N4O3S. The maximum absolute atomic E-state index is 10.8. The first kappa shape index (κ1) is 13.5. The highest BCUT2D eigenvalue weighted by atomic mass is 32.2. The van der Waals surface area contributed by atoms with Crippen LogP contribution in [0.25, 0.3) is 5.69 Å². The van der Waals surface area contributed by atoms with Crippen LogP contribution in [0.3, 0.4) is 0 Å². The summed E-state index contributed by atoms with van der Waals surface area (Å²) >= 11 is 1.08. The van der Waals surface area contributed by atoms with Gasteiger partial charge in [0.05, 0.1) is 5.69 Å². The molecule has 0 amide bonds. The van der Waals surface area contributed by atoms with Crippen molar-refractivity contribution in [2.24, 2.45) is 0 Å². The lowest BCUT2D eigenvalue weighted by atomic mass is 10.1. The number of aliphatic carboxylic acids is 1. The number of hydrogen-bond acceptors (Lipinski definition) is 6. The third kappa shape index (κ3) is 3.09. The van der Waals surface area contributed by atoms with Gasteiger partial charge in [0.15, 0.2) is 5.60 Å². The Morgan fingerprint density at radius 3 is 2.74 bits per heavy atom. The number of tetrazole rings is 1. The number of nitrogens with zero attached hydrogens (tertiary/aromatic N) is 4. The molecule has 1 atom stereocenters. The van der Waals surface area contributed by atoms with Crippen LogP contribution < -0.4 is 0 Å². The summed E-state index contributed by atoms with van der Waals surface area (Å²) < 4.78 is 1.49. The van der Waals surface area contributed by atoms with E-state index in [2.05, 4.69) is 15.5 Å². The highest BCUT2D eigenvalue weighted by Gasteiger charge is 2.30. The van der Waals surface area contributed by atoms with Crippen LogP contribution in [0.4, 0.5) is 0 Å². The minimum Gasteiger partial charge on any atom is -0.479 e. The summed E-state index contributed by atoms with van der Waals surface area (Å²) in [5.41, 5.74) is -1.05. The van der Waals surface area contributed by atoms with E-state index in [4.69, 9.17) is 5.11 Å². The van der Waals surface area contributed by atoms with Crippen molar-refractivity contribution >= 4 is 17.7 Å². The minimum absolute atomic E-state index is 0.0461. The molecule has 0 aliphatic carbocycles. The Hall–Kier alpha value is -1.93. The summed E-state index contributed by atoms with van der Waals surface area (Å²) in [6.07, 6.45) is 0. The van der Waals surface area contributed by atoms with Crippen molar-refractivity contribution in [3.63, 3.8) is 0 Å². The maximum Gasteiger partial charge on any atom is 0.336 e. The van der Waals surface area contributed by atoms with Crippen LogP contribution in [0.15, 0.2) is 35.5 Å². The SMILES string of the molecule is CC(O)(CSc1nnnn1-c1ccccc1)C(=O)O. The van der Waals surface area contributed by atoms with Gasteiger partial charge in [-0.15, -0.1) is 5.10 Å². The number of rotatable bonds is 5. The van der Waals surface area contributed by atoms with Gasteiger partial charge < -0.3 is 10.2 Å². The maximum atomic E-state index is 10.8. The zero-order valence-electron chi connectivity index (χ0n) is 10.1. The standard InChI is InChI=1S/C11H12N4O3S/c1-11(18,9(16)17)7-19-10-12-13-14-15(10)8-5-3-2-4-6-8/h2-6,18H,7H2,1H3,(H,16,17). The van der Waals surface area contributed by atoms with E-state index in [1.807, 2.05) is 30.3 Å². The van der Waals surface area contributed by atoms with E-state index < -0.39 is 11.6 Å². The topological polar surface area (TPSA) is 101 Å². The van der Waals surface area contributed by atoms with Gasteiger partial charge in [-0.3, -0.25) is 0 Å². The molecule has 0 saturated carbocycles. The van der Waals surface area contributed by atoms with Gasteiger partial charge in [-0.05, 0) is 29.5 Å². The third-order valence-corrected chi connectivity index (χ3v) is 3.60. The number of carboxylic acid groups (broad SMARTS) is 1. The van der Waals surface area contributed by atoms with Crippen molar-refractivity contribution in [3.8, 4) is 5.69 Å². The predicted octanol–water partition coefficient (Wildman–Crippen LogP) is 0.590. The second kappa shape index (κ2) is 5.37. The smallest absolute Gasteiger partial charge is 0.336 e. The quantitative estimate of drug-likeness (QED) is 0.773. The number of carbonyl (C=O) groups is 1. The van der Waals surface area contributed by atoms with Crippen LogP contribution in [0, 0.1) is 0 Å². The molecule has 0 fully saturated rings. The molecule has 1 heterocycles. The van der Waals surface area contributed by atoms with E-state index in [-0.39, 0.29) is 5.75 Å². The van der Waals surface area contributed by atoms with Crippen molar-refractivity contribution in [1.29, 1.82) is 0 Å². The average Bonchev–Trinajstić information content (AvgIpc) is 2.85. The molecule has 100 valence electrons. The van der Waals surface area contributed by atoms with E-state index in [1.165, 1.54) is 11.6 Å². The molecule has 0 bridgehead atoms. The summed E-state index contributed by atoms with van der Waals surface area (Å²) in [7, 11) is 0. The van der Waals surface area contributed by atoms with E-state index in [1.54, 1.807) is 0 Å². The number of aliphatic hydroxyl groups is 1. The molecule has 0 aliphatic rings. The number of thioether (sulfide) groups is 1. The highest BCUT2D eigenvalue weighted by molar-refractivity contribution is 7.99. The summed E-state index contributed by atoms with van der Waals surface area (Å²) in [5.74, 6) is -1.33. The van der Waals surface area contributed by atoms with Gasteiger partial charge in [0.25, 0.3) is 0 Å². The Bertz CT molecular complexity index is 570. The number of aromatic nitrogens is 4. The van der Waals surface area contributed by atoms with Gasteiger partial charge in [0.1, 0.15) is 0 Å². The summed E-state index contributed by atoms with van der Waals surface area (Å²) in [6, 6.07) is 9.22. The molecule has 2 N–H and O–H groups in total. The first-order valence-electron chi connectivity index (χ1n) is 5.43. The van der Waals surface area contributed by atoms with Crippen molar-refractivity contribution < 1.29 is 15.0 Å². The molecule has 1 unspecified atom stereocenters. The molecule has 8 heteroatoms. The van der Waals surface area contributed by atoms with Crippen molar-refractivity contribution in [3.05, 3.63) is 30.3 Å². The van der Waals surface area contributed by atoms with Gasteiger partial charge in [-0.1, -0.05) is 30.0 Å². The van der Waals surface area contributed by atoms with Crippen LogP contribution in [0.5, 0.6) is 0 Å². The Morgan fingerprint density at radius 2 is 2.11 bits per heavy atom. The van der Waals surface area contributed by atoms with E-state index in [0.717, 1.165) is 17.4 Å². The molecule has 2 aromatic rings. The fraction of sp³-hybridized carbons (Fsp3) is 0.273. The van der Waals surface area contributed by atoms with Crippen LogP contribution >= 0.6 is 11.8 Å². The van der Waals surface area contributed by atoms with E-state index in [9.17, 15) is 9.90 Å². The molecule has 7 nitrogen and oxygen atoms in total. The lowest BCUT2D eigenvalue weighted by Crippen LogP contribution is -2.37. The number of hydrogen-bond donors (Lipinski definition) is 2. The first-order valence-corrected chi connectivity index (χ1v) is 6.41. The molecule has 0 saturated heterocycles. The Kier molecular flexibility index (Phi) is 3.82. The molecule has 0 aliphatic heterocycles. The highest BCUT2D eigenvalue weighted by Crippen LogP contribution is 2.22. The van der Waals surface area contributed by atoms with Gasteiger partial charge in [0, 0.05) is 5.75 Å². The molecular weight excluding hydrogens is 268 g/mol. The molecule has 1 aromatic carbocycles. The third-order valence-electron chi connectivity index (χ3n) is 2.38. The van der Waals surface area contributed by atoms with Gasteiger partial charge in [-0.2, -0.15) is 4.68 Å². The zero-order valence-corrected chi connectivity index (χ0v) is 10.9. The lowest BCUT2D eigenvalue weighted by Gasteiger charge is -2.16. The van der Waals surface area contributed by atoms with Crippen molar-refractivity contribution in [2.75, 3.05) is 5.75 Å². The molecule has 0 radical (unpaired) electrons. The lowest BCUT2D eigenvalue weighted by molar-refractivity contribution is -0.154. The predicted molar refractivity (Wildman–Crippen MR) is 68.1 cm³/mol. The number of para-hydroxylation sites is 1. The number of benzene rings is 1. The van der Waals surface area contributed by atoms with Gasteiger partial charge in [0.2, 0.25) is 5.16 Å². The second-order valence-corrected chi connectivity index (χ2v) is 5.02. The molecule has 2 rings (SSSR count). The van der Waals surface area contributed by atoms with Gasteiger partial charge >= 0.3 is 5.97 Å². The Morgan fingerprint density at radius 1 is 1.42 bits per heavy atom. The van der Waals surface area contributed by atoms with E-state index >= 15 is 0 Å². The molecule has 0 spiro atoms. The second-order valence-electron chi connectivity index (χ2n) is 4.08. The first-order chi connectivity index (χ1) is 9.00. The molecule has 1 aromatic heterocycles. The van der Waals surface area contributed by atoms with Gasteiger partial charge in [-0.25, -0.2) is 4.79 Å². The Balaban J connectivity index is 2.16. The minimum atomic E-state index is -1.82. The van der Waals surface area contributed by atoms with Crippen molar-refractivity contribution in [2.45, 2.75) is 17.7 Å². The molecule has 19 heavy (non-hydrogen) atoms. The van der Waals surface area contributed by atoms with Crippen LogP contribution in [0.2, 0.25) is 0 Å². The summed E-state index contributed by atoms with van der Waals surface area (Å²) in [4.78, 5) is 10.8. The number of carboxylic acids is 1. The van der Waals surface area contributed by atoms with E-state index in [0.29, 0.717) is 5.16 Å². The monoisotopic (exact) mass is 280 g/mol. The van der Waals surface area contributed by atoms with Crippen LogP contribution in [-0.2, 0) is 4.79 Å². The van der Waals surface area contributed by atoms with Crippen molar-refractivity contribution in [1.82, 2.24) is 20.2 Å². The fourth-order valence-electron chi connectivity index (χ4n) is 1.27. The zero-order chi connectivity index (χ0) is 13.9. The fourth-order valence-corrected chi connectivity index (χ4v) is 2.16. The largest absolute Gasteiger partial charge is 0.479 e. The summed E-state index contributed by atoms with van der Waals surface area (Å²) in [6.45, 7) is 1.24. The van der Waals surface area contributed by atoms with Crippen LogP contribution in [-0.4, -0.2) is 47.7 Å².